The summed E-state index contributed by atoms with van der Waals surface area (Å²) < 4.78 is 29.0. The molecule has 0 unspecified atom stereocenters. The lowest BCUT2D eigenvalue weighted by atomic mass is 10.2. The Balaban J connectivity index is 1.55. The van der Waals surface area contributed by atoms with E-state index in [2.05, 4.69) is 10.4 Å². The number of hydrogen-bond acceptors (Lipinski definition) is 4. The lowest BCUT2D eigenvalue weighted by Gasteiger charge is -2.26. The van der Waals surface area contributed by atoms with E-state index in [1.165, 1.54) is 15.1 Å². The van der Waals surface area contributed by atoms with Gasteiger partial charge in [0.1, 0.15) is 5.15 Å². The zero-order valence-corrected chi connectivity index (χ0v) is 20.4. The standard InChI is InChI=1S/C23H24Cl2N4O3S/c1-16-21(22(25)29(27-16)15-17-8-3-4-11-20(17)24)23(30)26-18-9-7-10-19(14-18)33(31,32)28-12-5-2-6-13-28/h3-4,7-11,14H,2,5-6,12-13,15H2,1H3,(H,26,30). The quantitative estimate of drug-likeness (QED) is 0.511. The molecule has 0 atom stereocenters. The first-order valence-electron chi connectivity index (χ1n) is 10.7. The maximum absolute atomic E-state index is 13.0. The molecular formula is C23H24Cl2N4O3S. The second-order valence-electron chi connectivity index (χ2n) is 7.95. The molecule has 0 spiro atoms. The molecule has 1 amide bonds. The van der Waals surface area contributed by atoms with Crippen LogP contribution < -0.4 is 5.32 Å². The van der Waals surface area contributed by atoms with Crippen LogP contribution >= 0.6 is 23.2 Å². The second kappa shape index (κ2) is 9.85. The number of piperidine rings is 1. The van der Waals surface area contributed by atoms with Crippen molar-refractivity contribution in [3.05, 3.63) is 75.5 Å². The minimum Gasteiger partial charge on any atom is -0.322 e. The Morgan fingerprint density at radius 3 is 2.52 bits per heavy atom. The van der Waals surface area contributed by atoms with E-state index in [9.17, 15) is 13.2 Å². The highest BCUT2D eigenvalue weighted by Crippen LogP contribution is 2.26. The van der Waals surface area contributed by atoms with Gasteiger partial charge in [0, 0.05) is 23.8 Å². The van der Waals surface area contributed by atoms with E-state index in [0.717, 1.165) is 24.8 Å². The molecule has 7 nitrogen and oxygen atoms in total. The molecule has 0 aliphatic carbocycles. The first-order valence-corrected chi connectivity index (χ1v) is 12.8. The van der Waals surface area contributed by atoms with E-state index in [1.54, 1.807) is 31.2 Å². The maximum Gasteiger partial charge on any atom is 0.260 e. The Kier molecular flexibility index (Phi) is 7.09. The molecule has 1 fully saturated rings. The van der Waals surface area contributed by atoms with E-state index in [1.807, 2.05) is 18.2 Å². The highest BCUT2D eigenvalue weighted by atomic mass is 35.5. The molecule has 174 valence electrons. The molecule has 1 aliphatic heterocycles. The molecule has 1 N–H and O–H groups in total. The molecule has 1 aromatic heterocycles. The Morgan fingerprint density at radius 2 is 1.79 bits per heavy atom. The van der Waals surface area contributed by atoms with Crippen LogP contribution in [0.4, 0.5) is 5.69 Å². The van der Waals surface area contributed by atoms with Crippen LogP contribution in [0.25, 0.3) is 0 Å². The number of sulfonamides is 1. The maximum atomic E-state index is 13.0. The van der Waals surface area contributed by atoms with Gasteiger partial charge < -0.3 is 5.32 Å². The molecule has 0 bridgehead atoms. The first kappa shape index (κ1) is 23.8. The predicted molar refractivity (Wildman–Crippen MR) is 130 cm³/mol. The molecule has 3 aromatic rings. The highest BCUT2D eigenvalue weighted by Gasteiger charge is 2.27. The van der Waals surface area contributed by atoms with Crippen LogP contribution in [0.3, 0.4) is 0 Å². The summed E-state index contributed by atoms with van der Waals surface area (Å²) in [7, 11) is -3.61. The summed E-state index contributed by atoms with van der Waals surface area (Å²) in [5.41, 5.74) is 1.88. The number of halogens is 2. The van der Waals surface area contributed by atoms with Crippen molar-refractivity contribution >= 4 is 44.8 Å². The fourth-order valence-electron chi connectivity index (χ4n) is 3.89. The van der Waals surface area contributed by atoms with Crippen molar-refractivity contribution in [1.29, 1.82) is 0 Å². The van der Waals surface area contributed by atoms with E-state index >= 15 is 0 Å². The Labute approximate surface area is 203 Å². The third-order valence-electron chi connectivity index (χ3n) is 5.62. The molecular weight excluding hydrogens is 483 g/mol. The fraction of sp³-hybridized carbons (Fsp3) is 0.304. The molecule has 0 radical (unpaired) electrons. The summed E-state index contributed by atoms with van der Waals surface area (Å²) in [5, 5.41) is 7.91. The number of rotatable bonds is 6. The summed E-state index contributed by atoms with van der Waals surface area (Å²) in [6, 6.07) is 13.6. The number of carbonyl (C=O) groups is 1. The average molecular weight is 507 g/mol. The molecule has 4 rings (SSSR count). The van der Waals surface area contributed by atoms with Crippen LogP contribution in [0.1, 0.15) is 40.9 Å². The van der Waals surface area contributed by atoms with Crippen molar-refractivity contribution in [2.75, 3.05) is 18.4 Å². The summed E-state index contributed by atoms with van der Waals surface area (Å²) in [5.74, 6) is -0.463. The summed E-state index contributed by atoms with van der Waals surface area (Å²) in [6.07, 6.45) is 2.74. The smallest absolute Gasteiger partial charge is 0.260 e. The van der Waals surface area contributed by atoms with Gasteiger partial charge in [-0.2, -0.15) is 9.40 Å². The largest absolute Gasteiger partial charge is 0.322 e. The normalized spacial score (nSPS) is 14.9. The minimum atomic E-state index is -3.61. The summed E-state index contributed by atoms with van der Waals surface area (Å²) >= 11 is 12.7. The number of benzene rings is 2. The van der Waals surface area contributed by atoms with Gasteiger partial charge in [0.05, 0.1) is 22.7 Å². The SMILES string of the molecule is Cc1nn(Cc2ccccc2Cl)c(Cl)c1C(=O)Nc1cccc(S(=O)(=O)N2CCCCC2)c1. The van der Waals surface area contributed by atoms with E-state index < -0.39 is 15.9 Å². The van der Waals surface area contributed by atoms with Crippen LogP contribution in [0.5, 0.6) is 0 Å². The third kappa shape index (κ3) is 5.09. The number of nitrogens with zero attached hydrogens (tertiary/aromatic N) is 3. The molecule has 1 aliphatic rings. The van der Waals surface area contributed by atoms with Gasteiger partial charge >= 0.3 is 0 Å². The number of aromatic nitrogens is 2. The first-order chi connectivity index (χ1) is 15.8. The Bertz CT molecular complexity index is 1280. The van der Waals surface area contributed by atoms with Crippen LogP contribution in [0.2, 0.25) is 10.2 Å². The number of nitrogens with one attached hydrogen (secondary N) is 1. The zero-order chi connectivity index (χ0) is 23.6. The number of amides is 1. The lowest BCUT2D eigenvalue weighted by molar-refractivity contribution is 0.102. The van der Waals surface area contributed by atoms with Gasteiger partial charge in [0.25, 0.3) is 5.91 Å². The highest BCUT2D eigenvalue weighted by molar-refractivity contribution is 7.89. The zero-order valence-electron chi connectivity index (χ0n) is 18.1. The Morgan fingerprint density at radius 1 is 1.06 bits per heavy atom. The van der Waals surface area contributed by atoms with E-state index in [-0.39, 0.29) is 15.6 Å². The third-order valence-corrected chi connectivity index (χ3v) is 8.26. The van der Waals surface area contributed by atoms with Gasteiger partial charge in [-0.25, -0.2) is 13.1 Å². The fourth-order valence-corrected chi connectivity index (χ4v) is 5.97. The van der Waals surface area contributed by atoms with Crippen molar-refractivity contribution in [2.24, 2.45) is 0 Å². The number of anilines is 1. The van der Waals surface area contributed by atoms with Crippen molar-refractivity contribution in [3.63, 3.8) is 0 Å². The molecule has 1 saturated heterocycles. The minimum absolute atomic E-state index is 0.152. The number of carbonyl (C=O) groups excluding carboxylic acids is 1. The van der Waals surface area contributed by atoms with Gasteiger partial charge in [-0.3, -0.25) is 4.79 Å². The average Bonchev–Trinajstić information content (AvgIpc) is 3.09. The molecule has 2 aromatic carbocycles. The van der Waals surface area contributed by atoms with Crippen LogP contribution in [-0.2, 0) is 16.6 Å². The van der Waals surface area contributed by atoms with Crippen molar-refractivity contribution in [3.8, 4) is 0 Å². The van der Waals surface area contributed by atoms with E-state index in [4.69, 9.17) is 23.2 Å². The van der Waals surface area contributed by atoms with Gasteiger partial charge in [-0.1, -0.05) is 53.9 Å². The number of hydrogen-bond donors (Lipinski definition) is 1. The molecule has 2 heterocycles. The van der Waals surface area contributed by atoms with Crippen LogP contribution in [-0.4, -0.2) is 41.5 Å². The van der Waals surface area contributed by atoms with Crippen LogP contribution in [0.15, 0.2) is 53.4 Å². The van der Waals surface area contributed by atoms with Crippen molar-refractivity contribution < 1.29 is 13.2 Å². The molecule has 33 heavy (non-hydrogen) atoms. The van der Waals surface area contributed by atoms with Gasteiger partial charge in [-0.05, 0) is 49.6 Å². The van der Waals surface area contributed by atoms with Crippen molar-refractivity contribution in [2.45, 2.75) is 37.6 Å². The molecule has 0 saturated carbocycles. The lowest BCUT2D eigenvalue weighted by Crippen LogP contribution is -2.35. The van der Waals surface area contributed by atoms with Gasteiger partial charge in [0.15, 0.2) is 0 Å². The van der Waals surface area contributed by atoms with Crippen molar-refractivity contribution in [1.82, 2.24) is 14.1 Å². The topological polar surface area (TPSA) is 84.3 Å². The second-order valence-corrected chi connectivity index (χ2v) is 10.7. The van der Waals surface area contributed by atoms with Gasteiger partial charge in [0.2, 0.25) is 10.0 Å². The van der Waals surface area contributed by atoms with Gasteiger partial charge in [-0.15, -0.1) is 0 Å². The Hall–Kier alpha value is -2.39. The van der Waals surface area contributed by atoms with Crippen LogP contribution in [0, 0.1) is 6.92 Å². The monoisotopic (exact) mass is 506 g/mol. The molecule has 10 heteroatoms. The predicted octanol–water partition coefficient (Wildman–Crippen LogP) is 4.97. The summed E-state index contributed by atoms with van der Waals surface area (Å²) in [4.78, 5) is 13.2. The number of aryl methyl sites for hydroxylation is 1. The summed E-state index contributed by atoms with van der Waals surface area (Å²) in [6.45, 7) is 3.04. The van der Waals surface area contributed by atoms with E-state index in [0.29, 0.717) is 36.0 Å².